The Hall–Kier alpha value is -3.22. The SMILES string of the molecule is Cc1cc(OCC(=O)CC(C)c2cnc3c(ccn3C)c2)nc2c1c(C1CC1)nn2C. The summed E-state index contributed by atoms with van der Waals surface area (Å²) in [6.07, 6.45) is 6.65. The van der Waals surface area contributed by atoms with E-state index >= 15 is 0 Å². The van der Waals surface area contributed by atoms with Gasteiger partial charge in [0.05, 0.1) is 5.69 Å². The van der Waals surface area contributed by atoms with Crippen LogP contribution in [0.25, 0.3) is 22.1 Å². The van der Waals surface area contributed by atoms with E-state index in [9.17, 15) is 4.79 Å². The molecular formula is C24H27N5O2. The van der Waals surface area contributed by atoms with Crippen molar-refractivity contribution in [2.45, 2.75) is 44.9 Å². The molecule has 1 saturated carbocycles. The molecule has 0 N–H and O–H groups in total. The summed E-state index contributed by atoms with van der Waals surface area (Å²) in [4.78, 5) is 21.7. The molecule has 1 aliphatic carbocycles. The Kier molecular flexibility index (Phi) is 4.76. The Morgan fingerprint density at radius 3 is 2.84 bits per heavy atom. The third-order valence-corrected chi connectivity index (χ3v) is 6.17. The molecule has 0 spiro atoms. The van der Waals surface area contributed by atoms with Crippen LogP contribution in [0.2, 0.25) is 0 Å². The van der Waals surface area contributed by atoms with Crippen molar-refractivity contribution < 1.29 is 9.53 Å². The number of aromatic nitrogens is 5. The predicted molar refractivity (Wildman–Crippen MR) is 119 cm³/mol. The zero-order valence-electron chi connectivity index (χ0n) is 18.4. The lowest BCUT2D eigenvalue weighted by molar-refractivity contribution is -0.121. The molecular weight excluding hydrogens is 390 g/mol. The normalized spacial score (nSPS) is 15.0. The summed E-state index contributed by atoms with van der Waals surface area (Å²) < 4.78 is 9.60. The van der Waals surface area contributed by atoms with Crippen molar-refractivity contribution in [3.8, 4) is 5.88 Å². The van der Waals surface area contributed by atoms with Crippen LogP contribution in [0.3, 0.4) is 0 Å². The van der Waals surface area contributed by atoms with E-state index in [1.807, 2.05) is 54.8 Å². The van der Waals surface area contributed by atoms with Gasteiger partial charge in [-0.25, -0.2) is 4.98 Å². The van der Waals surface area contributed by atoms with E-state index < -0.39 is 0 Å². The number of carbonyl (C=O) groups excluding carboxylic acids is 1. The van der Waals surface area contributed by atoms with Gasteiger partial charge >= 0.3 is 0 Å². The molecule has 160 valence electrons. The van der Waals surface area contributed by atoms with E-state index in [1.165, 1.54) is 12.8 Å². The Bertz CT molecular complexity index is 1300. The fraction of sp³-hybridized carbons (Fsp3) is 0.417. The second-order valence-corrected chi connectivity index (χ2v) is 8.80. The molecule has 1 unspecified atom stereocenters. The average Bonchev–Trinajstić information content (AvgIpc) is 3.45. The van der Waals surface area contributed by atoms with E-state index in [0.29, 0.717) is 18.2 Å². The summed E-state index contributed by atoms with van der Waals surface area (Å²) >= 11 is 0. The molecule has 4 aromatic rings. The summed E-state index contributed by atoms with van der Waals surface area (Å²) in [6.45, 7) is 4.12. The van der Waals surface area contributed by atoms with Crippen molar-refractivity contribution in [2.75, 3.05) is 6.61 Å². The third kappa shape index (κ3) is 3.69. The molecule has 1 aliphatic rings. The molecule has 0 aliphatic heterocycles. The Labute approximate surface area is 181 Å². The standard InChI is InChI=1S/C24H27N5O2/c1-14(18-11-17-7-8-28(3)23(17)25-12-18)9-19(30)13-31-20-10-15(2)21-22(16-5-6-16)27-29(4)24(21)26-20/h7-8,10-12,14,16H,5-6,9,13H2,1-4H3. The summed E-state index contributed by atoms with van der Waals surface area (Å²) in [7, 11) is 3.89. The summed E-state index contributed by atoms with van der Waals surface area (Å²) in [6, 6.07) is 6.07. The molecule has 5 rings (SSSR count). The highest BCUT2D eigenvalue weighted by molar-refractivity contribution is 5.84. The first-order valence-corrected chi connectivity index (χ1v) is 10.8. The fourth-order valence-corrected chi connectivity index (χ4v) is 4.27. The van der Waals surface area contributed by atoms with Crippen molar-refractivity contribution in [2.24, 2.45) is 14.1 Å². The van der Waals surface area contributed by atoms with Gasteiger partial charge in [0.2, 0.25) is 5.88 Å². The molecule has 0 amide bonds. The van der Waals surface area contributed by atoms with Gasteiger partial charge in [0, 0.05) is 55.7 Å². The van der Waals surface area contributed by atoms with Crippen LogP contribution in [-0.2, 0) is 18.9 Å². The van der Waals surface area contributed by atoms with Crippen LogP contribution in [0.1, 0.15) is 54.8 Å². The topological polar surface area (TPSA) is 74.8 Å². The van der Waals surface area contributed by atoms with Crippen LogP contribution >= 0.6 is 0 Å². The van der Waals surface area contributed by atoms with Gasteiger partial charge in [-0.3, -0.25) is 9.48 Å². The largest absolute Gasteiger partial charge is 0.470 e. The quantitative estimate of drug-likeness (QED) is 0.451. The molecule has 0 saturated heterocycles. The molecule has 1 fully saturated rings. The highest BCUT2D eigenvalue weighted by atomic mass is 16.5. The smallest absolute Gasteiger partial charge is 0.215 e. The maximum atomic E-state index is 12.6. The number of fused-ring (bicyclic) bond motifs is 2. The highest BCUT2D eigenvalue weighted by Crippen LogP contribution is 2.43. The van der Waals surface area contributed by atoms with Gasteiger partial charge in [0.15, 0.2) is 11.4 Å². The van der Waals surface area contributed by atoms with Crippen LogP contribution < -0.4 is 4.74 Å². The minimum atomic E-state index is 0.0105. The first-order chi connectivity index (χ1) is 14.9. The minimum absolute atomic E-state index is 0.0105. The molecule has 1 atom stereocenters. The summed E-state index contributed by atoms with van der Waals surface area (Å²) in [5, 5.41) is 6.88. The first kappa shape index (κ1) is 19.7. The van der Waals surface area contributed by atoms with E-state index in [4.69, 9.17) is 4.74 Å². The van der Waals surface area contributed by atoms with Gasteiger partial charge < -0.3 is 9.30 Å². The molecule has 4 heterocycles. The van der Waals surface area contributed by atoms with Gasteiger partial charge in [-0.1, -0.05) is 6.92 Å². The lowest BCUT2D eigenvalue weighted by atomic mass is 9.97. The molecule has 0 aromatic carbocycles. The van der Waals surface area contributed by atoms with Crippen LogP contribution in [0.15, 0.2) is 30.6 Å². The van der Waals surface area contributed by atoms with Gasteiger partial charge in [-0.15, -0.1) is 0 Å². The number of hydrogen-bond donors (Lipinski definition) is 0. The zero-order chi connectivity index (χ0) is 21.7. The Balaban J connectivity index is 1.26. The highest BCUT2D eigenvalue weighted by Gasteiger charge is 2.30. The van der Waals surface area contributed by atoms with Crippen LogP contribution in [0, 0.1) is 6.92 Å². The fourth-order valence-electron chi connectivity index (χ4n) is 4.27. The Morgan fingerprint density at radius 2 is 2.06 bits per heavy atom. The van der Waals surface area contributed by atoms with E-state index in [2.05, 4.69) is 28.1 Å². The maximum Gasteiger partial charge on any atom is 0.215 e. The number of hydrogen-bond acceptors (Lipinski definition) is 5. The second kappa shape index (κ2) is 7.48. The summed E-state index contributed by atoms with van der Waals surface area (Å²) in [5.41, 5.74) is 5.06. The number of rotatable bonds is 7. The van der Waals surface area contributed by atoms with Crippen LogP contribution in [0.5, 0.6) is 5.88 Å². The van der Waals surface area contributed by atoms with Crippen LogP contribution in [-0.4, -0.2) is 36.7 Å². The molecule has 31 heavy (non-hydrogen) atoms. The third-order valence-electron chi connectivity index (χ3n) is 6.17. The second-order valence-electron chi connectivity index (χ2n) is 8.80. The summed E-state index contributed by atoms with van der Waals surface area (Å²) in [5.74, 6) is 1.15. The molecule has 7 nitrogen and oxygen atoms in total. The lowest BCUT2D eigenvalue weighted by Crippen LogP contribution is -2.14. The van der Waals surface area contributed by atoms with Crippen molar-refractivity contribution in [1.82, 2.24) is 24.3 Å². The van der Waals surface area contributed by atoms with Crippen molar-refractivity contribution in [3.05, 3.63) is 47.4 Å². The van der Waals surface area contributed by atoms with Crippen molar-refractivity contribution in [1.29, 1.82) is 0 Å². The number of pyridine rings is 2. The number of aryl methyl sites for hydroxylation is 3. The van der Waals surface area contributed by atoms with E-state index in [1.54, 1.807) is 0 Å². The Morgan fingerprint density at radius 1 is 1.26 bits per heavy atom. The predicted octanol–water partition coefficient (Wildman–Crippen LogP) is 4.18. The van der Waals surface area contributed by atoms with Crippen molar-refractivity contribution in [3.63, 3.8) is 0 Å². The van der Waals surface area contributed by atoms with Crippen LogP contribution in [0.4, 0.5) is 0 Å². The minimum Gasteiger partial charge on any atom is -0.470 e. The van der Waals surface area contributed by atoms with Crippen molar-refractivity contribution >= 4 is 27.9 Å². The molecule has 0 bridgehead atoms. The number of Topliss-reactive ketones (excluding diaryl/α,β-unsaturated/α-hetero) is 1. The van der Waals surface area contributed by atoms with Gasteiger partial charge in [0.25, 0.3) is 0 Å². The maximum absolute atomic E-state index is 12.6. The zero-order valence-corrected chi connectivity index (χ0v) is 18.4. The number of nitrogens with zero attached hydrogens (tertiary/aromatic N) is 5. The van der Waals surface area contributed by atoms with Gasteiger partial charge in [-0.2, -0.15) is 10.1 Å². The molecule has 7 heteroatoms. The molecule has 4 aromatic heterocycles. The first-order valence-electron chi connectivity index (χ1n) is 10.8. The number of ketones is 1. The lowest BCUT2D eigenvalue weighted by Gasteiger charge is -2.12. The van der Waals surface area contributed by atoms with Gasteiger partial charge in [0.1, 0.15) is 12.3 Å². The molecule has 0 radical (unpaired) electrons. The number of ether oxygens (including phenoxy) is 1. The number of carbonyl (C=O) groups is 1. The average molecular weight is 418 g/mol. The van der Waals surface area contributed by atoms with E-state index in [-0.39, 0.29) is 18.3 Å². The van der Waals surface area contributed by atoms with Gasteiger partial charge in [-0.05, 0) is 48.9 Å². The monoisotopic (exact) mass is 417 g/mol. The van der Waals surface area contributed by atoms with E-state index in [0.717, 1.165) is 38.9 Å².